The summed E-state index contributed by atoms with van der Waals surface area (Å²) in [5.41, 5.74) is 0. The van der Waals surface area contributed by atoms with Crippen LogP contribution >= 0.6 is 23.2 Å². The summed E-state index contributed by atoms with van der Waals surface area (Å²) < 4.78 is 22.2. The van der Waals surface area contributed by atoms with E-state index in [4.69, 9.17) is 23.2 Å². The maximum absolute atomic E-state index is 10.5. The molecule has 0 fully saturated rings. The van der Waals surface area contributed by atoms with Crippen LogP contribution in [0.2, 0.25) is 0 Å². The molecule has 0 radical (unpaired) electrons. The number of rotatable bonds is 3. The number of hydrogen-bond donors (Lipinski definition) is 0. The average Bonchev–Trinajstić information content (AvgIpc) is 1.86. The molecule has 0 aromatic rings. The van der Waals surface area contributed by atoms with Crippen LogP contribution in [0.1, 0.15) is 0 Å². The van der Waals surface area contributed by atoms with E-state index in [9.17, 15) is 13.2 Å². The summed E-state index contributed by atoms with van der Waals surface area (Å²) in [7, 11) is -3.93. The Labute approximate surface area is 67.9 Å². The van der Waals surface area contributed by atoms with Crippen LogP contribution in [0, 0.1) is 0 Å². The molecule has 0 amide bonds. The fourth-order valence-corrected chi connectivity index (χ4v) is 1.16. The molecular weight excluding hydrogens is 201 g/mol. The summed E-state index contributed by atoms with van der Waals surface area (Å²) in [5, 5.41) is 0. The molecule has 7 heteroatoms. The van der Waals surface area contributed by atoms with Gasteiger partial charge in [-0.3, -0.25) is 0 Å². The van der Waals surface area contributed by atoms with E-state index in [1.54, 1.807) is 0 Å². The van der Waals surface area contributed by atoms with E-state index in [1.807, 2.05) is 0 Å². The van der Waals surface area contributed by atoms with E-state index in [0.717, 1.165) is 6.08 Å². The molecule has 0 aliphatic heterocycles. The third-order valence-corrected chi connectivity index (χ3v) is 3.23. The first-order valence-electron chi connectivity index (χ1n) is 2.07. The van der Waals surface area contributed by atoms with Crippen LogP contribution in [0.15, 0.2) is 4.40 Å². The van der Waals surface area contributed by atoms with Gasteiger partial charge in [0.25, 0.3) is 16.1 Å². The third kappa shape index (κ3) is 2.66. The monoisotopic (exact) mass is 203 g/mol. The van der Waals surface area contributed by atoms with Gasteiger partial charge < -0.3 is 0 Å². The standard InChI is InChI=1S/C3H3Cl2NO3S/c4-1-3(5)10(8,9)6-2-7/h3H,1H2. The number of hydrogen-bond acceptors (Lipinski definition) is 3. The first kappa shape index (κ1) is 9.91. The zero-order valence-corrected chi connectivity index (χ0v) is 6.95. The lowest BCUT2D eigenvalue weighted by Gasteiger charge is -1.97. The average molecular weight is 204 g/mol. The van der Waals surface area contributed by atoms with Crippen LogP contribution in [0.25, 0.3) is 0 Å². The molecule has 0 aromatic carbocycles. The van der Waals surface area contributed by atoms with Crippen molar-refractivity contribution in [3.8, 4) is 0 Å². The first-order valence-corrected chi connectivity index (χ1v) is 4.55. The summed E-state index contributed by atoms with van der Waals surface area (Å²) in [6, 6.07) is 0. The third-order valence-electron chi connectivity index (χ3n) is 0.609. The zero-order chi connectivity index (χ0) is 8.20. The van der Waals surface area contributed by atoms with Gasteiger partial charge in [-0.1, -0.05) is 4.40 Å². The molecule has 4 nitrogen and oxygen atoms in total. The minimum absolute atomic E-state index is 0.310. The van der Waals surface area contributed by atoms with Gasteiger partial charge in [0.05, 0.1) is 5.88 Å². The SMILES string of the molecule is O=C=NS(=O)(=O)C(Cl)CCl. The van der Waals surface area contributed by atoms with Crippen molar-refractivity contribution in [3.63, 3.8) is 0 Å². The molecule has 0 saturated heterocycles. The molecule has 0 aliphatic carbocycles. The molecule has 0 heterocycles. The van der Waals surface area contributed by atoms with Gasteiger partial charge in [0, 0.05) is 0 Å². The molecule has 1 unspecified atom stereocenters. The van der Waals surface area contributed by atoms with Gasteiger partial charge in [0.2, 0.25) is 0 Å². The van der Waals surface area contributed by atoms with Gasteiger partial charge in [0.1, 0.15) is 0 Å². The first-order chi connectivity index (χ1) is 4.54. The molecule has 0 aliphatic rings. The van der Waals surface area contributed by atoms with Crippen molar-refractivity contribution in [3.05, 3.63) is 0 Å². The Morgan fingerprint density at radius 1 is 1.60 bits per heavy atom. The van der Waals surface area contributed by atoms with Crippen LogP contribution in [-0.4, -0.2) is 25.1 Å². The van der Waals surface area contributed by atoms with Gasteiger partial charge >= 0.3 is 0 Å². The maximum Gasteiger partial charge on any atom is 0.281 e. The fraction of sp³-hybridized carbons (Fsp3) is 0.667. The highest BCUT2D eigenvalue weighted by atomic mass is 35.5. The van der Waals surface area contributed by atoms with E-state index in [2.05, 4.69) is 4.40 Å². The molecule has 0 N–H and O–H groups in total. The lowest BCUT2D eigenvalue weighted by atomic mass is 10.9. The number of isocyanates is 1. The van der Waals surface area contributed by atoms with Crippen molar-refractivity contribution in [2.24, 2.45) is 4.40 Å². The van der Waals surface area contributed by atoms with Crippen molar-refractivity contribution in [2.75, 3.05) is 5.88 Å². The van der Waals surface area contributed by atoms with Crippen LogP contribution in [0.3, 0.4) is 0 Å². The summed E-state index contributed by atoms with van der Waals surface area (Å²) >= 11 is 10.2. The molecule has 0 spiro atoms. The molecule has 10 heavy (non-hydrogen) atoms. The van der Waals surface area contributed by atoms with E-state index in [-0.39, 0.29) is 5.88 Å². The second-order valence-corrected chi connectivity index (χ2v) is 4.14. The number of alkyl halides is 2. The molecule has 0 saturated carbocycles. The van der Waals surface area contributed by atoms with Crippen LogP contribution in [0.4, 0.5) is 0 Å². The fourth-order valence-electron chi connectivity index (χ4n) is 0.189. The number of nitrogens with zero attached hydrogens (tertiary/aromatic N) is 1. The highest BCUT2D eigenvalue weighted by Gasteiger charge is 2.20. The van der Waals surface area contributed by atoms with E-state index >= 15 is 0 Å². The lowest BCUT2D eigenvalue weighted by Crippen LogP contribution is -2.13. The Morgan fingerprint density at radius 3 is 2.40 bits per heavy atom. The van der Waals surface area contributed by atoms with E-state index < -0.39 is 14.7 Å². The predicted octanol–water partition coefficient (Wildman–Crippen LogP) is 0.456. The minimum Gasteiger partial charge on any atom is -0.210 e. The van der Waals surface area contributed by atoms with Crippen molar-refractivity contribution < 1.29 is 13.2 Å². The second kappa shape index (κ2) is 3.93. The number of carbonyl (C=O) groups excluding carboxylic acids is 1. The highest BCUT2D eigenvalue weighted by Crippen LogP contribution is 2.09. The van der Waals surface area contributed by atoms with Crippen molar-refractivity contribution >= 4 is 39.3 Å². The highest BCUT2D eigenvalue weighted by molar-refractivity contribution is 7.92. The normalized spacial score (nSPS) is 13.8. The Morgan fingerprint density at radius 2 is 2.10 bits per heavy atom. The van der Waals surface area contributed by atoms with Crippen molar-refractivity contribution in [1.82, 2.24) is 0 Å². The quantitative estimate of drug-likeness (QED) is 0.381. The Kier molecular flexibility index (Phi) is 3.89. The summed E-state index contributed by atoms with van der Waals surface area (Å²) in [6.45, 7) is 0. The molecule has 1 atom stereocenters. The topological polar surface area (TPSA) is 63.6 Å². The maximum atomic E-state index is 10.5. The van der Waals surface area contributed by atoms with E-state index in [0.29, 0.717) is 0 Å². The van der Waals surface area contributed by atoms with Crippen LogP contribution < -0.4 is 0 Å². The summed E-state index contributed by atoms with van der Waals surface area (Å²) in [4.78, 5) is 9.47. The number of halogens is 2. The molecule has 0 rings (SSSR count). The Bertz CT molecular complexity index is 242. The largest absolute Gasteiger partial charge is 0.281 e. The van der Waals surface area contributed by atoms with Gasteiger partial charge in [0.15, 0.2) is 4.71 Å². The van der Waals surface area contributed by atoms with Gasteiger partial charge in [-0.15, -0.1) is 23.2 Å². The van der Waals surface area contributed by atoms with E-state index in [1.165, 1.54) is 0 Å². The predicted molar refractivity (Wildman–Crippen MR) is 37.4 cm³/mol. The Balaban J connectivity index is 4.58. The van der Waals surface area contributed by atoms with Crippen molar-refractivity contribution in [2.45, 2.75) is 4.71 Å². The number of sulfonamides is 1. The molecule has 58 valence electrons. The van der Waals surface area contributed by atoms with Crippen molar-refractivity contribution in [1.29, 1.82) is 0 Å². The lowest BCUT2D eigenvalue weighted by molar-refractivity contribution is 0.563. The minimum atomic E-state index is -3.93. The zero-order valence-electron chi connectivity index (χ0n) is 4.62. The summed E-state index contributed by atoms with van der Waals surface area (Å²) in [6.07, 6.45) is 0.867. The summed E-state index contributed by atoms with van der Waals surface area (Å²) in [5.74, 6) is -0.310. The molecule has 0 aromatic heterocycles. The van der Waals surface area contributed by atoms with Crippen LogP contribution in [0.5, 0.6) is 0 Å². The smallest absolute Gasteiger partial charge is 0.210 e. The Hall–Kier alpha value is -0.0900. The second-order valence-electron chi connectivity index (χ2n) is 1.26. The van der Waals surface area contributed by atoms with Gasteiger partial charge in [-0.05, 0) is 0 Å². The molecule has 0 bridgehead atoms. The molecular formula is C3H3Cl2NO3S. The van der Waals surface area contributed by atoms with Crippen LogP contribution in [-0.2, 0) is 14.8 Å². The van der Waals surface area contributed by atoms with Gasteiger partial charge in [-0.25, -0.2) is 13.2 Å². The van der Waals surface area contributed by atoms with Gasteiger partial charge in [-0.2, -0.15) is 0 Å².